The van der Waals surface area contributed by atoms with Crippen LogP contribution in [0, 0.1) is 0 Å². The number of hydrogen-bond donors (Lipinski definition) is 3. The van der Waals surface area contributed by atoms with Gasteiger partial charge in [0, 0.05) is 43.0 Å². The molecule has 0 saturated heterocycles. The maximum Gasteiger partial charge on any atom is 0.0655 e. The molecule has 2 aromatic carbocycles. The van der Waals surface area contributed by atoms with Gasteiger partial charge < -0.3 is 21.3 Å². The standard InChI is InChI=1S/C23H30N4.2C2H6/c1-16(2)26-14-13-17(3)27-15-18-9-5-6-10-19(18)23(25-4)22(24)20-11-7-8-12-21(20)27;2*1-2/h5-12,16,25-26H,3,13-15,24H2,1-2,4H3;2*1-2H3/b23-22-;;. The molecule has 1 aliphatic rings. The Kier molecular flexibility index (Phi) is 11.5. The lowest BCUT2D eigenvalue weighted by molar-refractivity contribution is 0.584. The van der Waals surface area contributed by atoms with Gasteiger partial charge in [-0.2, -0.15) is 0 Å². The lowest BCUT2D eigenvalue weighted by Gasteiger charge is -2.33. The van der Waals surface area contributed by atoms with Crippen LogP contribution in [-0.2, 0) is 6.54 Å². The lowest BCUT2D eigenvalue weighted by atomic mass is 9.95. The zero-order chi connectivity index (χ0) is 23.4. The van der Waals surface area contributed by atoms with Crippen LogP contribution in [0.25, 0.3) is 11.4 Å². The van der Waals surface area contributed by atoms with Crippen LogP contribution in [0.15, 0.2) is 60.8 Å². The van der Waals surface area contributed by atoms with E-state index >= 15 is 0 Å². The van der Waals surface area contributed by atoms with Gasteiger partial charge in [0.2, 0.25) is 0 Å². The highest BCUT2D eigenvalue weighted by molar-refractivity contribution is 5.94. The van der Waals surface area contributed by atoms with Gasteiger partial charge >= 0.3 is 0 Å². The van der Waals surface area contributed by atoms with E-state index in [-0.39, 0.29) is 0 Å². The fourth-order valence-electron chi connectivity index (χ4n) is 3.57. The Balaban J connectivity index is 0.00000113. The second-order valence-corrected chi connectivity index (χ2v) is 7.22. The maximum atomic E-state index is 6.64. The summed E-state index contributed by atoms with van der Waals surface area (Å²) in [6.45, 7) is 18.4. The second kappa shape index (κ2) is 13.6. The first kappa shape index (κ1) is 26.3. The van der Waals surface area contributed by atoms with Crippen LogP contribution in [-0.4, -0.2) is 19.6 Å². The van der Waals surface area contributed by atoms with Crippen LogP contribution in [0.5, 0.6) is 0 Å². The molecule has 0 bridgehead atoms. The van der Waals surface area contributed by atoms with Gasteiger partial charge in [-0.15, -0.1) is 0 Å². The van der Waals surface area contributed by atoms with Crippen molar-refractivity contribution in [3.05, 3.63) is 77.5 Å². The van der Waals surface area contributed by atoms with Gasteiger partial charge in [-0.1, -0.05) is 90.6 Å². The van der Waals surface area contributed by atoms with E-state index in [4.69, 9.17) is 5.73 Å². The molecule has 1 heterocycles. The summed E-state index contributed by atoms with van der Waals surface area (Å²) in [5.74, 6) is 0. The molecular formula is C27H42N4. The minimum Gasteiger partial charge on any atom is -0.396 e. The van der Waals surface area contributed by atoms with Crippen LogP contribution in [0.2, 0.25) is 0 Å². The summed E-state index contributed by atoms with van der Waals surface area (Å²) in [5.41, 5.74) is 14.0. The SMILES string of the molecule is C=C(CCNC(C)C)N1Cc2ccccc2/C(NC)=C(/N)c2ccccc21.CC.CC. The van der Waals surface area contributed by atoms with Gasteiger partial charge in [0.05, 0.1) is 17.1 Å². The van der Waals surface area contributed by atoms with Crippen molar-refractivity contribution in [1.29, 1.82) is 0 Å². The summed E-state index contributed by atoms with van der Waals surface area (Å²) in [5, 5.41) is 6.79. The molecule has 31 heavy (non-hydrogen) atoms. The largest absolute Gasteiger partial charge is 0.396 e. The quantitative estimate of drug-likeness (QED) is 0.537. The Morgan fingerprint density at radius 2 is 1.58 bits per heavy atom. The van der Waals surface area contributed by atoms with Crippen LogP contribution in [0.4, 0.5) is 5.69 Å². The highest BCUT2D eigenvalue weighted by atomic mass is 15.1. The van der Waals surface area contributed by atoms with Gasteiger partial charge in [0.25, 0.3) is 0 Å². The molecule has 0 amide bonds. The summed E-state index contributed by atoms with van der Waals surface area (Å²) >= 11 is 0. The van der Waals surface area contributed by atoms with Gasteiger partial charge in [-0.25, -0.2) is 0 Å². The molecule has 0 radical (unpaired) electrons. The van der Waals surface area contributed by atoms with E-state index in [1.54, 1.807) is 0 Å². The van der Waals surface area contributed by atoms with E-state index in [0.717, 1.165) is 53.4 Å². The Morgan fingerprint density at radius 3 is 2.19 bits per heavy atom. The van der Waals surface area contributed by atoms with Crippen LogP contribution >= 0.6 is 0 Å². The summed E-state index contributed by atoms with van der Waals surface area (Å²) in [6.07, 6.45) is 0.886. The highest BCUT2D eigenvalue weighted by Crippen LogP contribution is 2.36. The molecule has 0 spiro atoms. The summed E-state index contributed by atoms with van der Waals surface area (Å²) in [6, 6.07) is 17.2. The minimum absolute atomic E-state index is 0.468. The van der Waals surface area contributed by atoms with Crippen molar-refractivity contribution < 1.29 is 0 Å². The van der Waals surface area contributed by atoms with E-state index in [1.165, 1.54) is 5.56 Å². The first-order chi connectivity index (χ1) is 15.0. The molecule has 0 aromatic heterocycles. The minimum atomic E-state index is 0.468. The number of benzene rings is 2. The fraction of sp³-hybridized carbons (Fsp3) is 0.407. The molecule has 4 N–H and O–H groups in total. The first-order valence-electron chi connectivity index (χ1n) is 11.6. The number of nitrogens with one attached hydrogen (secondary N) is 2. The molecule has 1 aliphatic heterocycles. The number of rotatable bonds is 6. The lowest BCUT2D eigenvalue weighted by Crippen LogP contribution is -2.30. The van der Waals surface area contributed by atoms with Crippen molar-refractivity contribution in [1.82, 2.24) is 10.6 Å². The molecule has 2 aromatic rings. The Labute approximate surface area is 190 Å². The molecule has 170 valence electrons. The molecule has 0 atom stereocenters. The molecule has 0 unspecified atom stereocenters. The van der Waals surface area contributed by atoms with E-state index in [9.17, 15) is 0 Å². The van der Waals surface area contributed by atoms with Gasteiger partial charge in [-0.05, 0) is 18.1 Å². The Bertz CT molecular complexity index is 852. The highest BCUT2D eigenvalue weighted by Gasteiger charge is 2.23. The fourth-order valence-corrected chi connectivity index (χ4v) is 3.57. The monoisotopic (exact) mass is 422 g/mol. The summed E-state index contributed by atoms with van der Waals surface area (Å²) in [7, 11) is 1.93. The van der Waals surface area contributed by atoms with Gasteiger partial charge in [-0.3, -0.25) is 0 Å². The third-order valence-electron chi connectivity index (χ3n) is 4.97. The molecular weight excluding hydrogens is 380 g/mol. The van der Waals surface area contributed by atoms with E-state index in [0.29, 0.717) is 6.04 Å². The van der Waals surface area contributed by atoms with Crippen LogP contribution in [0.3, 0.4) is 0 Å². The van der Waals surface area contributed by atoms with Gasteiger partial charge in [0.15, 0.2) is 0 Å². The molecule has 4 heteroatoms. The van der Waals surface area contributed by atoms with Crippen LogP contribution < -0.4 is 21.3 Å². The molecule has 4 nitrogen and oxygen atoms in total. The molecule has 0 saturated carbocycles. The van der Waals surface area contributed by atoms with Crippen molar-refractivity contribution in [2.45, 2.75) is 60.5 Å². The van der Waals surface area contributed by atoms with Crippen molar-refractivity contribution >= 4 is 17.1 Å². The number of hydrogen-bond acceptors (Lipinski definition) is 4. The summed E-state index contributed by atoms with van der Waals surface area (Å²) < 4.78 is 0. The Morgan fingerprint density at radius 1 is 1.00 bits per heavy atom. The predicted octanol–water partition coefficient (Wildman–Crippen LogP) is 5.96. The molecule has 0 aliphatic carbocycles. The number of nitrogens with two attached hydrogens (primary N) is 1. The third kappa shape index (κ3) is 6.63. The average molecular weight is 423 g/mol. The van der Waals surface area contributed by atoms with Crippen molar-refractivity contribution in [2.24, 2.45) is 5.73 Å². The van der Waals surface area contributed by atoms with Crippen LogP contribution in [0.1, 0.15) is 64.7 Å². The number of fused-ring (bicyclic) bond motifs is 2. The third-order valence-corrected chi connectivity index (χ3v) is 4.97. The zero-order valence-corrected chi connectivity index (χ0v) is 20.5. The topological polar surface area (TPSA) is 53.3 Å². The second-order valence-electron chi connectivity index (χ2n) is 7.22. The first-order valence-corrected chi connectivity index (χ1v) is 11.6. The van der Waals surface area contributed by atoms with Crippen molar-refractivity contribution in [2.75, 3.05) is 18.5 Å². The zero-order valence-electron chi connectivity index (χ0n) is 20.5. The number of nitrogens with zero attached hydrogens (tertiary/aromatic N) is 1. The van der Waals surface area contributed by atoms with E-state index in [1.807, 2.05) is 40.8 Å². The summed E-state index contributed by atoms with van der Waals surface area (Å²) in [4.78, 5) is 2.30. The molecule has 3 rings (SSSR count). The normalized spacial score (nSPS) is 14.6. The van der Waals surface area contributed by atoms with E-state index in [2.05, 4.69) is 78.4 Å². The van der Waals surface area contributed by atoms with Gasteiger partial charge in [0.1, 0.15) is 0 Å². The Hall–Kier alpha value is -2.72. The van der Waals surface area contributed by atoms with Crippen molar-refractivity contribution in [3.8, 4) is 0 Å². The predicted molar refractivity (Wildman–Crippen MR) is 139 cm³/mol. The van der Waals surface area contributed by atoms with E-state index < -0.39 is 0 Å². The molecule has 0 fully saturated rings. The maximum absolute atomic E-state index is 6.64. The smallest absolute Gasteiger partial charge is 0.0655 e. The number of para-hydroxylation sites is 1. The van der Waals surface area contributed by atoms with Crippen molar-refractivity contribution in [3.63, 3.8) is 0 Å². The number of anilines is 1. The average Bonchev–Trinajstić information content (AvgIpc) is 2.80.